The summed E-state index contributed by atoms with van der Waals surface area (Å²) in [6, 6.07) is 21.8. The summed E-state index contributed by atoms with van der Waals surface area (Å²) >= 11 is 6.13. The lowest BCUT2D eigenvalue weighted by atomic mass is 9.97. The number of nitrogens with zero attached hydrogens (tertiary/aromatic N) is 3. The van der Waals surface area contributed by atoms with E-state index >= 15 is 0 Å². The molecule has 0 aliphatic carbocycles. The fourth-order valence-corrected chi connectivity index (χ4v) is 5.30. The SMILES string of the molecule is CCN1CCC[C@@H](Cn2c(-c3ccccc3C)nc3cccc(-c4ccc(Cl)cc4)c3c2=O)C1. The molecule has 174 valence electrons. The standard InChI is InChI=1S/C29H30ClN3O/c1-3-32-17-7-9-21(18-32)19-33-28(24-10-5-4-8-20(24)2)31-26-12-6-11-25(27(26)29(33)34)22-13-15-23(30)16-14-22/h4-6,8,10-16,21H,3,7,9,17-19H2,1-2H3/t21-/m1/s1. The predicted molar refractivity (Wildman–Crippen MR) is 141 cm³/mol. The van der Waals surface area contributed by atoms with Gasteiger partial charge in [-0.25, -0.2) is 4.98 Å². The van der Waals surface area contributed by atoms with Crippen LogP contribution in [0.1, 0.15) is 25.3 Å². The summed E-state index contributed by atoms with van der Waals surface area (Å²) in [5.74, 6) is 1.19. The van der Waals surface area contributed by atoms with Crippen LogP contribution < -0.4 is 5.56 Å². The Balaban J connectivity index is 1.72. The summed E-state index contributed by atoms with van der Waals surface area (Å²) in [6.45, 7) is 8.18. The number of benzene rings is 3. The largest absolute Gasteiger partial charge is 0.303 e. The molecule has 3 aromatic carbocycles. The van der Waals surface area contributed by atoms with Crippen LogP contribution in [0.4, 0.5) is 0 Å². The summed E-state index contributed by atoms with van der Waals surface area (Å²) < 4.78 is 1.94. The Morgan fingerprint density at radius 3 is 2.53 bits per heavy atom. The number of aryl methyl sites for hydroxylation is 1. The van der Waals surface area contributed by atoms with Crippen molar-refractivity contribution in [1.29, 1.82) is 0 Å². The van der Waals surface area contributed by atoms with E-state index in [1.54, 1.807) is 0 Å². The van der Waals surface area contributed by atoms with Crippen molar-refractivity contribution < 1.29 is 0 Å². The normalized spacial score (nSPS) is 16.7. The van der Waals surface area contributed by atoms with Gasteiger partial charge in [-0.15, -0.1) is 0 Å². The first-order valence-corrected chi connectivity index (χ1v) is 12.5. The Morgan fingerprint density at radius 1 is 1.00 bits per heavy atom. The Hall–Kier alpha value is -2.95. The van der Waals surface area contributed by atoms with Gasteiger partial charge in [0.25, 0.3) is 5.56 Å². The highest BCUT2D eigenvalue weighted by atomic mass is 35.5. The molecule has 1 fully saturated rings. The third-order valence-electron chi connectivity index (χ3n) is 7.02. The fourth-order valence-electron chi connectivity index (χ4n) is 5.18. The zero-order chi connectivity index (χ0) is 23.7. The maximum absolute atomic E-state index is 14.2. The highest BCUT2D eigenvalue weighted by Gasteiger charge is 2.23. The van der Waals surface area contributed by atoms with Crippen LogP contribution in [-0.4, -0.2) is 34.1 Å². The van der Waals surface area contributed by atoms with Crippen molar-refractivity contribution in [2.75, 3.05) is 19.6 Å². The average molecular weight is 472 g/mol. The molecule has 1 saturated heterocycles. The van der Waals surface area contributed by atoms with E-state index in [0.29, 0.717) is 22.9 Å². The second-order valence-corrected chi connectivity index (χ2v) is 9.71. The molecular weight excluding hydrogens is 442 g/mol. The number of fused-ring (bicyclic) bond motifs is 1. The Morgan fingerprint density at radius 2 is 1.76 bits per heavy atom. The third kappa shape index (κ3) is 4.40. The summed E-state index contributed by atoms with van der Waals surface area (Å²) in [6.07, 6.45) is 2.30. The van der Waals surface area contributed by atoms with Crippen LogP contribution >= 0.6 is 11.6 Å². The third-order valence-corrected chi connectivity index (χ3v) is 7.27. The zero-order valence-corrected chi connectivity index (χ0v) is 20.6. The highest BCUT2D eigenvalue weighted by Crippen LogP contribution is 2.30. The maximum Gasteiger partial charge on any atom is 0.262 e. The molecule has 1 aliphatic rings. The predicted octanol–water partition coefficient (Wildman–Crippen LogP) is 6.42. The minimum atomic E-state index is 0.0300. The number of halogens is 1. The lowest BCUT2D eigenvalue weighted by Gasteiger charge is -2.32. The Labute approximate surface area is 205 Å². The summed E-state index contributed by atoms with van der Waals surface area (Å²) in [5, 5.41) is 1.35. The summed E-state index contributed by atoms with van der Waals surface area (Å²) in [7, 11) is 0. The van der Waals surface area contributed by atoms with Gasteiger partial charge >= 0.3 is 0 Å². The van der Waals surface area contributed by atoms with Gasteiger partial charge in [0.15, 0.2) is 0 Å². The molecule has 1 aliphatic heterocycles. The van der Waals surface area contributed by atoms with Gasteiger partial charge in [-0.1, -0.05) is 67.1 Å². The van der Waals surface area contributed by atoms with E-state index in [-0.39, 0.29) is 5.56 Å². The Bertz CT molecular complexity index is 1380. The molecule has 5 heteroatoms. The topological polar surface area (TPSA) is 38.1 Å². The molecular formula is C29H30ClN3O. The molecule has 0 amide bonds. The smallest absolute Gasteiger partial charge is 0.262 e. The van der Waals surface area contributed by atoms with E-state index in [2.05, 4.69) is 30.9 Å². The number of likely N-dealkylation sites (tertiary alicyclic amines) is 1. The average Bonchev–Trinajstić information content (AvgIpc) is 2.86. The number of piperidine rings is 1. The molecule has 0 unspecified atom stereocenters. The van der Waals surface area contributed by atoms with Gasteiger partial charge < -0.3 is 4.90 Å². The molecule has 34 heavy (non-hydrogen) atoms. The minimum Gasteiger partial charge on any atom is -0.303 e. The zero-order valence-electron chi connectivity index (χ0n) is 19.8. The van der Waals surface area contributed by atoms with Gasteiger partial charge in [-0.3, -0.25) is 9.36 Å². The molecule has 0 N–H and O–H groups in total. The van der Waals surface area contributed by atoms with Crippen LogP contribution in [0, 0.1) is 12.8 Å². The first-order chi connectivity index (χ1) is 16.5. The lowest BCUT2D eigenvalue weighted by Crippen LogP contribution is -2.38. The van der Waals surface area contributed by atoms with E-state index in [9.17, 15) is 4.79 Å². The molecule has 0 saturated carbocycles. The quantitative estimate of drug-likeness (QED) is 0.337. The van der Waals surface area contributed by atoms with Crippen LogP contribution in [0.2, 0.25) is 5.02 Å². The molecule has 4 aromatic rings. The van der Waals surface area contributed by atoms with Gasteiger partial charge in [0, 0.05) is 23.7 Å². The van der Waals surface area contributed by atoms with Crippen molar-refractivity contribution >= 4 is 22.5 Å². The van der Waals surface area contributed by atoms with Crippen LogP contribution in [-0.2, 0) is 6.54 Å². The monoisotopic (exact) mass is 471 g/mol. The molecule has 0 radical (unpaired) electrons. The Kier molecular flexibility index (Phi) is 6.53. The first kappa shape index (κ1) is 22.8. The second kappa shape index (κ2) is 9.73. The number of rotatable bonds is 5. The van der Waals surface area contributed by atoms with E-state index < -0.39 is 0 Å². The van der Waals surface area contributed by atoms with E-state index in [0.717, 1.165) is 59.7 Å². The van der Waals surface area contributed by atoms with Gasteiger partial charge in [0.2, 0.25) is 0 Å². The number of hydrogen-bond donors (Lipinski definition) is 0. The molecule has 1 atom stereocenters. The summed E-state index contributed by atoms with van der Waals surface area (Å²) in [5.41, 5.74) is 4.76. The molecule has 1 aromatic heterocycles. The van der Waals surface area contributed by atoms with E-state index in [4.69, 9.17) is 16.6 Å². The highest BCUT2D eigenvalue weighted by molar-refractivity contribution is 6.30. The maximum atomic E-state index is 14.2. The van der Waals surface area contributed by atoms with Crippen molar-refractivity contribution in [1.82, 2.24) is 14.5 Å². The molecule has 4 nitrogen and oxygen atoms in total. The van der Waals surface area contributed by atoms with Crippen molar-refractivity contribution in [3.8, 4) is 22.5 Å². The van der Waals surface area contributed by atoms with Crippen LogP contribution in [0.3, 0.4) is 0 Å². The van der Waals surface area contributed by atoms with Gasteiger partial charge in [-0.2, -0.15) is 0 Å². The molecule has 5 rings (SSSR count). The van der Waals surface area contributed by atoms with Gasteiger partial charge in [0.05, 0.1) is 10.9 Å². The van der Waals surface area contributed by atoms with Crippen LogP contribution in [0.25, 0.3) is 33.4 Å². The lowest BCUT2D eigenvalue weighted by molar-refractivity contribution is 0.169. The minimum absolute atomic E-state index is 0.0300. The van der Waals surface area contributed by atoms with E-state index in [1.165, 1.54) is 6.42 Å². The van der Waals surface area contributed by atoms with Crippen molar-refractivity contribution in [2.24, 2.45) is 5.92 Å². The van der Waals surface area contributed by atoms with Crippen molar-refractivity contribution in [3.63, 3.8) is 0 Å². The van der Waals surface area contributed by atoms with Crippen LogP contribution in [0.15, 0.2) is 71.5 Å². The van der Waals surface area contributed by atoms with Crippen LogP contribution in [0.5, 0.6) is 0 Å². The van der Waals surface area contributed by atoms with Gasteiger partial charge in [0.1, 0.15) is 5.82 Å². The fraction of sp³-hybridized carbons (Fsp3) is 0.310. The van der Waals surface area contributed by atoms with Crippen molar-refractivity contribution in [3.05, 3.63) is 87.7 Å². The first-order valence-electron chi connectivity index (χ1n) is 12.1. The second-order valence-electron chi connectivity index (χ2n) is 9.27. The summed E-state index contributed by atoms with van der Waals surface area (Å²) in [4.78, 5) is 21.8. The molecule has 2 heterocycles. The number of aromatic nitrogens is 2. The molecule has 0 bridgehead atoms. The van der Waals surface area contributed by atoms with Gasteiger partial charge in [-0.05, 0) is 73.7 Å². The van der Waals surface area contributed by atoms with E-state index in [1.807, 2.05) is 59.2 Å². The number of hydrogen-bond acceptors (Lipinski definition) is 3. The molecule has 0 spiro atoms. The van der Waals surface area contributed by atoms with Crippen molar-refractivity contribution in [2.45, 2.75) is 33.2 Å².